The molecule has 0 saturated carbocycles. The van der Waals surface area contributed by atoms with E-state index in [-0.39, 0.29) is 12.0 Å². The molecule has 0 unspecified atom stereocenters. The fourth-order valence-corrected chi connectivity index (χ4v) is 2.23. The number of hydrogen-bond donors (Lipinski definition) is 1. The third-order valence-corrected chi connectivity index (χ3v) is 3.26. The summed E-state index contributed by atoms with van der Waals surface area (Å²) in [6, 6.07) is 7.04. The molecule has 1 aliphatic rings. The molecule has 0 aliphatic carbocycles. The second kappa shape index (κ2) is 4.88. The van der Waals surface area contributed by atoms with Crippen LogP contribution >= 0.6 is 0 Å². The van der Waals surface area contributed by atoms with Crippen LogP contribution in [0.4, 0.5) is 0 Å². The molecule has 0 atom stereocenters. The van der Waals surface area contributed by atoms with Gasteiger partial charge >= 0.3 is 16.2 Å². The lowest BCUT2D eigenvalue weighted by Gasteiger charge is -2.24. The van der Waals surface area contributed by atoms with E-state index >= 15 is 0 Å². The van der Waals surface area contributed by atoms with Crippen LogP contribution in [0.1, 0.15) is 12.5 Å². The van der Waals surface area contributed by atoms with Crippen LogP contribution in [0.5, 0.6) is 5.75 Å². The Hall–Kier alpha value is -2.09. The number of ether oxygens (including phenoxy) is 1. The van der Waals surface area contributed by atoms with Gasteiger partial charge in [0.15, 0.2) is 0 Å². The van der Waals surface area contributed by atoms with Crippen LogP contribution in [0.3, 0.4) is 0 Å². The van der Waals surface area contributed by atoms with Crippen LogP contribution < -0.4 is 10.5 Å². The smallest absolute Gasteiger partial charge is 0.370 e. The van der Waals surface area contributed by atoms with E-state index in [0.717, 1.165) is 5.56 Å². The van der Waals surface area contributed by atoms with E-state index < -0.39 is 10.2 Å². The van der Waals surface area contributed by atoms with Crippen molar-refractivity contribution >= 4 is 22.2 Å². The van der Waals surface area contributed by atoms with Crippen LogP contribution in [0.15, 0.2) is 33.1 Å². The Balaban J connectivity index is 2.31. The summed E-state index contributed by atoms with van der Waals surface area (Å²) in [6.07, 6.45) is 0. The fourth-order valence-electron chi connectivity index (χ4n) is 1.52. The van der Waals surface area contributed by atoms with E-state index in [1.807, 2.05) is 19.1 Å². The molecule has 0 saturated heterocycles. The molecule has 0 fully saturated rings. The molecular formula is C11H14N4O3S. The minimum absolute atomic E-state index is 0.0983. The van der Waals surface area contributed by atoms with Gasteiger partial charge in [-0.15, -0.1) is 4.40 Å². The maximum atomic E-state index is 11.4. The Morgan fingerprint density at radius 3 is 2.47 bits per heavy atom. The molecule has 7 nitrogen and oxygen atoms in total. The van der Waals surface area contributed by atoms with Gasteiger partial charge in [-0.3, -0.25) is 4.90 Å². The highest BCUT2D eigenvalue weighted by atomic mass is 32.2. The van der Waals surface area contributed by atoms with Gasteiger partial charge in [0.05, 0.1) is 0 Å². The van der Waals surface area contributed by atoms with Crippen molar-refractivity contribution in [1.82, 2.24) is 4.90 Å². The van der Waals surface area contributed by atoms with Crippen molar-refractivity contribution in [2.75, 3.05) is 6.54 Å². The lowest BCUT2D eigenvalue weighted by atomic mass is 10.2. The van der Waals surface area contributed by atoms with E-state index in [1.54, 1.807) is 19.1 Å². The van der Waals surface area contributed by atoms with E-state index in [2.05, 4.69) is 8.80 Å². The van der Waals surface area contributed by atoms with Gasteiger partial charge in [0.1, 0.15) is 5.75 Å². The molecule has 1 heterocycles. The summed E-state index contributed by atoms with van der Waals surface area (Å²) in [6.45, 7) is 4.12. The zero-order valence-corrected chi connectivity index (χ0v) is 11.4. The van der Waals surface area contributed by atoms with Gasteiger partial charge in [-0.05, 0) is 26.0 Å². The van der Waals surface area contributed by atoms with E-state index in [1.165, 1.54) is 4.90 Å². The average Bonchev–Trinajstić information content (AvgIpc) is 2.30. The summed E-state index contributed by atoms with van der Waals surface area (Å²) in [4.78, 5) is 1.38. The molecule has 1 aliphatic heterocycles. The van der Waals surface area contributed by atoms with Crippen LogP contribution in [0.25, 0.3) is 0 Å². The molecule has 102 valence electrons. The molecule has 2 rings (SSSR count). The van der Waals surface area contributed by atoms with Gasteiger partial charge in [0, 0.05) is 6.54 Å². The minimum atomic E-state index is -3.97. The summed E-state index contributed by atoms with van der Waals surface area (Å²) < 4.78 is 35.0. The summed E-state index contributed by atoms with van der Waals surface area (Å²) in [7, 11) is -3.97. The predicted molar refractivity (Wildman–Crippen MR) is 72.2 cm³/mol. The fraction of sp³-hybridized carbons (Fsp3) is 0.273. The van der Waals surface area contributed by atoms with Crippen molar-refractivity contribution < 1.29 is 13.2 Å². The summed E-state index contributed by atoms with van der Waals surface area (Å²) >= 11 is 0. The topological polar surface area (TPSA) is 97.3 Å². The number of hydrogen-bond acceptors (Lipinski definition) is 5. The van der Waals surface area contributed by atoms with Gasteiger partial charge in [0.2, 0.25) is 5.96 Å². The van der Waals surface area contributed by atoms with Crippen LogP contribution in [-0.4, -0.2) is 31.8 Å². The molecule has 0 spiro atoms. The van der Waals surface area contributed by atoms with Crippen molar-refractivity contribution in [2.45, 2.75) is 13.8 Å². The Labute approximate surface area is 111 Å². The third kappa shape index (κ3) is 3.02. The number of nitrogens with zero attached hydrogens (tertiary/aromatic N) is 3. The number of amidine groups is 1. The lowest BCUT2D eigenvalue weighted by Crippen LogP contribution is -2.47. The van der Waals surface area contributed by atoms with E-state index in [0.29, 0.717) is 12.3 Å². The summed E-state index contributed by atoms with van der Waals surface area (Å²) in [5, 5.41) is 0. The first-order chi connectivity index (χ1) is 8.91. The highest BCUT2D eigenvalue weighted by molar-refractivity contribution is 7.89. The molecule has 8 heteroatoms. The molecule has 2 N–H and O–H groups in total. The van der Waals surface area contributed by atoms with Gasteiger partial charge in [-0.1, -0.05) is 22.1 Å². The first-order valence-corrected chi connectivity index (χ1v) is 7.03. The maximum absolute atomic E-state index is 11.4. The Kier molecular flexibility index (Phi) is 3.43. The van der Waals surface area contributed by atoms with Crippen molar-refractivity contribution in [3.63, 3.8) is 0 Å². The second-order valence-corrected chi connectivity index (χ2v) is 5.19. The largest absolute Gasteiger partial charge is 0.425 e. The molecule has 0 aromatic heterocycles. The lowest BCUT2D eigenvalue weighted by molar-refractivity contribution is 0.442. The van der Waals surface area contributed by atoms with Crippen molar-refractivity contribution in [3.8, 4) is 5.75 Å². The maximum Gasteiger partial charge on any atom is 0.370 e. The van der Waals surface area contributed by atoms with Gasteiger partial charge in [-0.25, -0.2) is 0 Å². The van der Waals surface area contributed by atoms with Gasteiger partial charge in [-0.2, -0.15) is 8.42 Å². The third-order valence-electron chi connectivity index (χ3n) is 2.46. The van der Waals surface area contributed by atoms with Gasteiger partial charge < -0.3 is 10.5 Å². The molecular weight excluding hydrogens is 268 g/mol. The standard InChI is InChI=1S/C11H14N4O3S/c1-3-15-10(12)13-19(16,17)14-11(15)18-9-6-4-8(2)5-7-9/h4-7H,3H2,1-2H3,(H2,12,13). The molecule has 19 heavy (non-hydrogen) atoms. The Morgan fingerprint density at radius 1 is 1.26 bits per heavy atom. The average molecular weight is 282 g/mol. The Morgan fingerprint density at radius 2 is 1.89 bits per heavy atom. The number of nitrogens with two attached hydrogens (primary N) is 1. The summed E-state index contributed by atoms with van der Waals surface area (Å²) in [5.74, 6) is 0.326. The molecule has 0 radical (unpaired) electrons. The van der Waals surface area contributed by atoms with Crippen LogP contribution in [0.2, 0.25) is 0 Å². The normalized spacial score (nSPS) is 17.7. The van der Waals surface area contributed by atoms with Crippen molar-refractivity contribution in [1.29, 1.82) is 0 Å². The molecule has 1 aromatic carbocycles. The monoisotopic (exact) mass is 282 g/mol. The molecule has 0 bridgehead atoms. The highest BCUT2D eigenvalue weighted by Crippen LogP contribution is 2.15. The number of benzene rings is 1. The van der Waals surface area contributed by atoms with Crippen LogP contribution in [0, 0.1) is 6.92 Å². The van der Waals surface area contributed by atoms with Gasteiger partial charge in [0.25, 0.3) is 0 Å². The zero-order chi connectivity index (χ0) is 14.0. The molecule has 1 aromatic rings. The Bertz CT molecular complexity index is 634. The number of rotatable bonds is 2. The first kappa shape index (κ1) is 13.3. The molecule has 0 amide bonds. The summed E-state index contributed by atoms with van der Waals surface area (Å²) in [5.41, 5.74) is 6.64. The van der Waals surface area contributed by atoms with E-state index in [4.69, 9.17) is 10.5 Å². The highest BCUT2D eigenvalue weighted by Gasteiger charge is 2.26. The second-order valence-electron chi connectivity index (χ2n) is 3.93. The zero-order valence-electron chi connectivity index (χ0n) is 10.6. The van der Waals surface area contributed by atoms with Crippen molar-refractivity contribution in [2.24, 2.45) is 14.5 Å². The predicted octanol–water partition coefficient (Wildman–Crippen LogP) is 0.625. The SMILES string of the molecule is CCN1C(N)=NS(=O)(=O)N=C1Oc1ccc(C)cc1. The minimum Gasteiger partial charge on any atom is -0.425 e. The quantitative estimate of drug-likeness (QED) is 0.857. The van der Waals surface area contributed by atoms with Crippen LogP contribution in [-0.2, 0) is 10.2 Å². The van der Waals surface area contributed by atoms with E-state index in [9.17, 15) is 8.42 Å². The number of aryl methyl sites for hydroxylation is 1. The first-order valence-electron chi connectivity index (χ1n) is 5.63. The van der Waals surface area contributed by atoms with Crippen molar-refractivity contribution in [3.05, 3.63) is 29.8 Å². The number of guanidine groups is 1.